The fraction of sp³-hybridized carbons (Fsp3) is 0.576. The smallest absolute Gasteiger partial charge is 0.410 e. The van der Waals surface area contributed by atoms with E-state index < -0.39 is 92.8 Å². The predicted octanol–water partition coefficient (Wildman–Crippen LogP) is 6.06. The Balaban J connectivity index is 0.000000248. The lowest BCUT2D eigenvalue weighted by Gasteiger charge is -2.31. The molecule has 0 saturated carbocycles. The fourth-order valence-electron chi connectivity index (χ4n) is 11.8. The highest BCUT2D eigenvalue weighted by Crippen LogP contribution is 2.35. The van der Waals surface area contributed by atoms with Crippen LogP contribution in [0.15, 0.2) is 119 Å². The molecule has 506 valence electrons. The lowest BCUT2D eigenvalue weighted by molar-refractivity contribution is -0.125. The van der Waals surface area contributed by atoms with Gasteiger partial charge in [-0.3, -0.25) is 9.69 Å². The number of carbonyl (C=O) groups is 4. The molecule has 5 aliphatic rings. The van der Waals surface area contributed by atoms with Crippen LogP contribution in [0.3, 0.4) is 0 Å². The summed E-state index contributed by atoms with van der Waals surface area (Å²) in [7, 11) is -8.02. The number of ether oxygens (including phenoxy) is 7. The number of hydrogen-bond donors (Lipinski definition) is 6. The zero-order valence-electron chi connectivity index (χ0n) is 53.7. The summed E-state index contributed by atoms with van der Waals surface area (Å²) in [6.45, 7) is 15.2. The van der Waals surface area contributed by atoms with Crippen molar-refractivity contribution in [3.8, 4) is 0 Å². The van der Waals surface area contributed by atoms with Crippen molar-refractivity contribution >= 4 is 44.2 Å². The van der Waals surface area contributed by atoms with Crippen LogP contribution in [-0.4, -0.2) is 185 Å². The molecule has 0 radical (unpaired) electrons. The molecule has 0 spiro atoms. The number of nitrogens with two attached hydrogens (primary N) is 1. The van der Waals surface area contributed by atoms with E-state index in [1.54, 1.807) is 45.0 Å². The summed E-state index contributed by atoms with van der Waals surface area (Å²) in [6, 6.07) is 29.0. The molecule has 4 amide bonds. The minimum atomic E-state index is -4.09. The molecule has 5 fully saturated rings. The van der Waals surface area contributed by atoms with Crippen molar-refractivity contribution < 1.29 is 79.4 Å². The summed E-state index contributed by atoms with van der Waals surface area (Å²) in [5.41, 5.74) is 8.20. The Bertz CT molecular complexity index is 3250. The predicted molar refractivity (Wildman–Crippen MR) is 340 cm³/mol. The first-order valence-electron chi connectivity index (χ1n) is 31.8. The third-order valence-corrected chi connectivity index (χ3v) is 20.2. The third kappa shape index (κ3) is 19.9. The lowest BCUT2D eigenvalue weighted by atomic mass is 10.0. The number of nitrogens with zero attached hydrogens (tertiary/aromatic N) is 3. The number of alkyl carbamates (subject to hydrolysis) is 2. The quantitative estimate of drug-likeness (QED) is 0.0389. The molecule has 5 saturated heterocycles. The van der Waals surface area contributed by atoms with E-state index in [0.717, 1.165) is 23.1 Å². The Kier molecular flexibility index (Phi) is 25.4. The summed E-state index contributed by atoms with van der Waals surface area (Å²) in [5, 5.41) is 31.4. The van der Waals surface area contributed by atoms with Gasteiger partial charge in [0.1, 0.15) is 23.9 Å². The highest BCUT2D eigenvalue weighted by molar-refractivity contribution is 7.89. The van der Waals surface area contributed by atoms with Crippen LogP contribution >= 0.6 is 0 Å². The van der Waals surface area contributed by atoms with Crippen LogP contribution in [0, 0.1) is 23.7 Å². The number of nitrogens with one attached hydrogen (secondary N) is 3. The zero-order valence-corrected chi connectivity index (χ0v) is 55.3. The molecule has 0 aromatic heterocycles. The Hall–Kier alpha value is -6.30. The zero-order chi connectivity index (χ0) is 66.3. The van der Waals surface area contributed by atoms with Crippen LogP contribution in [-0.2, 0) is 83.9 Å². The van der Waals surface area contributed by atoms with E-state index >= 15 is 0 Å². The normalized spacial score (nSPS) is 22.7. The molecule has 5 aliphatic heterocycles. The molecule has 11 atom stereocenters. The molecule has 4 aromatic rings. The Morgan fingerprint density at radius 2 is 1.04 bits per heavy atom. The maximum atomic E-state index is 14.1. The van der Waals surface area contributed by atoms with Crippen LogP contribution in [0.2, 0.25) is 0 Å². The van der Waals surface area contributed by atoms with E-state index in [0.29, 0.717) is 51.1 Å². The van der Waals surface area contributed by atoms with Gasteiger partial charge in [-0.1, -0.05) is 113 Å². The Morgan fingerprint density at radius 3 is 1.46 bits per heavy atom. The standard InChI is InChI=1S/C38H54N4O10S.C28H39N3O7S/c1-25(2)22-41(23-32(43)30(20-26-10-7-6-8-11-26)40-36(45)51-33-24-50-35-29(33)17-19-49-35)53(47,48)28-15-13-27(14-16-28)21-39-34(44)31-12-9-18-42(31)37(46)52-38(3,4)5;1-19(2)16-31(39(34,35)22-10-8-21(15-29)9-11-22)17-25(32)24(14-20-6-4-3-5-7-20)30-28(33)38-26-18-37-27-23(26)12-13-36-27/h6-8,10-11,13-16,25,29-33,35,43H,9,12,17-24H2,1-5H3,(H,39,44)(H,40,45);3-11,19,23-27,32H,12-18,29H2,1-2H3,(H,30,33)/t29-,30-,31-,32+,33-,35+;23-,24-,25+,26-,27+/m00/s1. The number of sulfonamides is 2. The van der Waals surface area contributed by atoms with Crippen LogP contribution in [0.5, 0.6) is 0 Å². The highest BCUT2D eigenvalue weighted by Gasteiger charge is 2.46. The van der Waals surface area contributed by atoms with Gasteiger partial charge in [-0.25, -0.2) is 31.2 Å². The topological polar surface area (TPSA) is 313 Å². The van der Waals surface area contributed by atoms with Gasteiger partial charge in [-0.2, -0.15) is 8.61 Å². The number of hydrogen-bond acceptors (Lipinski definition) is 18. The summed E-state index contributed by atoms with van der Waals surface area (Å²) in [5.74, 6) is -0.459. The summed E-state index contributed by atoms with van der Waals surface area (Å²) in [6.07, 6.45) is -2.93. The van der Waals surface area contributed by atoms with Gasteiger partial charge in [0.05, 0.1) is 72.3 Å². The third-order valence-electron chi connectivity index (χ3n) is 16.5. The highest BCUT2D eigenvalue weighted by atomic mass is 32.2. The Labute approximate surface area is 541 Å². The number of carbonyl (C=O) groups excluding carboxylic acids is 4. The second-order valence-corrected chi connectivity index (χ2v) is 29.8. The van der Waals surface area contributed by atoms with Crippen LogP contribution in [0.1, 0.15) is 96.4 Å². The van der Waals surface area contributed by atoms with Crippen molar-refractivity contribution in [2.45, 2.75) is 171 Å². The number of amides is 4. The molecule has 0 bridgehead atoms. The first-order chi connectivity index (χ1) is 43.8. The number of aliphatic hydroxyl groups is 2. The minimum absolute atomic E-state index is 0.00438. The van der Waals surface area contributed by atoms with Crippen molar-refractivity contribution in [1.82, 2.24) is 29.5 Å². The van der Waals surface area contributed by atoms with E-state index in [4.69, 9.17) is 38.9 Å². The summed E-state index contributed by atoms with van der Waals surface area (Å²) >= 11 is 0. The molecule has 24 nitrogen and oxygen atoms in total. The van der Waals surface area contributed by atoms with Gasteiger partial charge in [0.25, 0.3) is 0 Å². The minimum Gasteiger partial charge on any atom is -0.444 e. The van der Waals surface area contributed by atoms with Gasteiger partial charge in [-0.15, -0.1) is 0 Å². The summed E-state index contributed by atoms with van der Waals surface area (Å²) in [4.78, 5) is 53.4. The number of likely N-dealkylation sites (tertiary alicyclic amines) is 1. The SMILES string of the molecule is CC(C)CN(C[C@@H](O)[C@H](Cc1ccccc1)NC(=O)O[C@H]1CO[C@H]2OCC[C@H]21)S(=O)(=O)c1ccc(CN)cc1.CC(C)CN(C[C@@H](O)[C@H](Cc1ccccc1)NC(=O)O[C@H]1CO[C@H]2OCC[C@H]21)S(=O)(=O)c1ccc(CNC(=O)[C@@H]2CCCN2C(=O)OC(C)(C)C)cc1. The molecule has 26 heteroatoms. The van der Waals surface area contributed by atoms with Gasteiger partial charge >= 0.3 is 18.3 Å². The van der Waals surface area contributed by atoms with Crippen molar-refractivity contribution in [2.24, 2.45) is 29.4 Å². The monoisotopic (exact) mass is 1320 g/mol. The first kappa shape index (κ1) is 71.5. The van der Waals surface area contributed by atoms with E-state index in [1.807, 2.05) is 88.4 Å². The molecule has 0 aliphatic carbocycles. The van der Waals surface area contributed by atoms with E-state index in [2.05, 4.69) is 16.0 Å². The number of rotatable bonds is 26. The van der Waals surface area contributed by atoms with E-state index in [-0.39, 0.29) is 104 Å². The van der Waals surface area contributed by atoms with Crippen molar-refractivity contribution in [3.63, 3.8) is 0 Å². The maximum Gasteiger partial charge on any atom is 0.410 e. The van der Waals surface area contributed by atoms with E-state index in [9.17, 15) is 46.2 Å². The van der Waals surface area contributed by atoms with Gasteiger partial charge < -0.3 is 65.1 Å². The Morgan fingerprint density at radius 1 is 0.609 bits per heavy atom. The largest absolute Gasteiger partial charge is 0.444 e. The van der Waals surface area contributed by atoms with Crippen LogP contribution < -0.4 is 21.7 Å². The molecule has 9 rings (SSSR count). The molecule has 92 heavy (non-hydrogen) atoms. The van der Waals surface area contributed by atoms with Gasteiger partial charge in [0.15, 0.2) is 12.6 Å². The lowest BCUT2D eigenvalue weighted by Crippen LogP contribution is -2.51. The number of aliphatic hydroxyl groups excluding tert-OH is 2. The van der Waals surface area contributed by atoms with Crippen LogP contribution in [0.4, 0.5) is 14.4 Å². The second kappa shape index (κ2) is 32.7. The van der Waals surface area contributed by atoms with Crippen molar-refractivity contribution in [3.05, 3.63) is 131 Å². The van der Waals surface area contributed by atoms with Crippen LogP contribution in [0.25, 0.3) is 0 Å². The molecule has 5 heterocycles. The van der Waals surface area contributed by atoms with Crippen molar-refractivity contribution in [2.75, 3.05) is 59.2 Å². The fourth-order valence-corrected chi connectivity index (χ4v) is 15.1. The van der Waals surface area contributed by atoms with Gasteiger partial charge in [0.2, 0.25) is 26.0 Å². The first-order valence-corrected chi connectivity index (χ1v) is 34.7. The van der Waals surface area contributed by atoms with Gasteiger partial charge in [0, 0.05) is 45.8 Å². The van der Waals surface area contributed by atoms with Crippen molar-refractivity contribution in [1.29, 1.82) is 0 Å². The number of fused-ring (bicyclic) bond motifs is 2. The molecule has 4 aromatic carbocycles. The average molecular weight is 1320 g/mol. The second-order valence-electron chi connectivity index (χ2n) is 25.9. The summed E-state index contributed by atoms with van der Waals surface area (Å²) < 4.78 is 96.8. The van der Waals surface area contributed by atoms with E-state index in [1.165, 1.54) is 37.8 Å². The molecular formula is C66H93N7O17S2. The molecular weight excluding hydrogens is 1230 g/mol. The maximum absolute atomic E-state index is 14.1. The molecule has 0 unspecified atom stereocenters. The number of benzene rings is 4. The van der Waals surface area contributed by atoms with Gasteiger partial charge in [-0.05, 0) is 118 Å². The molecule has 7 N–H and O–H groups in total. The average Bonchev–Trinajstić information content (AvgIpc) is 1.04.